The van der Waals surface area contributed by atoms with Crippen LogP contribution >= 0.6 is 0 Å². The Hall–Kier alpha value is -2.04. The maximum atomic E-state index is 13.2. The Bertz CT molecular complexity index is 708. The van der Waals surface area contributed by atoms with Gasteiger partial charge in [-0.25, -0.2) is 0 Å². The molecule has 2 heterocycles. The van der Waals surface area contributed by atoms with E-state index in [1.807, 2.05) is 23.1 Å². The summed E-state index contributed by atoms with van der Waals surface area (Å²) in [7, 11) is 0. The van der Waals surface area contributed by atoms with E-state index in [1.165, 1.54) is 12.8 Å². The van der Waals surface area contributed by atoms with E-state index in [2.05, 4.69) is 23.2 Å². The van der Waals surface area contributed by atoms with Gasteiger partial charge in [0.1, 0.15) is 0 Å². The highest BCUT2D eigenvalue weighted by atomic mass is 16.2. The molecule has 1 atom stereocenters. The number of piperidine rings is 2. The van der Waals surface area contributed by atoms with E-state index in [4.69, 9.17) is 0 Å². The number of carbonyl (C=O) groups is 2. The van der Waals surface area contributed by atoms with Gasteiger partial charge in [-0.2, -0.15) is 0 Å². The average Bonchev–Trinajstić information content (AvgIpc) is 2.67. The molecule has 1 saturated carbocycles. The van der Waals surface area contributed by atoms with Crippen molar-refractivity contribution < 1.29 is 9.59 Å². The molecule has 0 radical (unpaired) electrons. The van der Waals surface area contributed by atoms with Crippen LogP contribution in [0.3, 0.4) is 0 Å². The summed E-state index contributed by atoms with van der Waals surface area (Å²) in [6.07, 6.45) is 8.60. The molecule has 0 bridgehead atoms. The van der Waals surface area contributed by atoms with Crippen LogP contribution in [0, 0.1) is 5.92 Å². The van der Waals surface area contributed by atoms with E-state index in [0.717, 1.165) is 69.4 Å². The lowest BCUT2D eigenvalue weighted by atomic mass is 9.84. The van der Waals surface area contributed by atoms with Crippen molar-refractivity contribution in [1.82, 2.24) is 10.2 Å². The second kappa shape index (κ2) is 8.54. The number of benzene rings is 1. The lowest BCUT2D eigenvalue weighted by molar-refractivity contribution is -0.128. The van der Waals surface area contributed by atoms with Gasteiger partial charge in [-0.1, -0.05) is 18.6 Å². The molecule has 152 valence electrons. The topological polar surface area (TPSA) is 52.7 Å². The normalized spacial score (nSPS) is 24.0. The summed E-state index contributed by atoms with van der Waals surface area (Å²) in [5.74, 6) is 0.672. The Morgan fingerprint density at radius 3 is 2.36 bits per heavy atom. The summed E-state index contributed by atoms with van der Waals surface area (Å²) in [5, 5.41) is 3.25. The van der Waals surface area contributed by atoms with Gasteiger partial charge in [0.05, 0.1) is 5.56 Å². The molecule has 2 amide bonds. The molecule has 1 aromatic carbocycles. The molecule has 1 N–H and O–H groups in total. The van der Waals surface area contributed by atoms with Crippen LogP contribution in [0.25, 0.3) is 0 Å². The number of hydrogen-bond donors (Lipinski definition) is 1. The number of hydrogen-bond acceptors (Lipinski definition) is 3. The standard InChI is InChI=1S/C23H33N3O2/c1-17-7-4-5-14-26(17)23(28)20-10-2-3-11-21(20)25-15-12-19(13-16-25)24-22(27)18-8-6-9-18/h2-3,10-11,17-19H,4-9,12-16H2,1H3,(H,24,27)/t17-/m1/s1. The minimum Gasteiger partial charge on any atom is -0.371 e. The first-order chi connectivity index (χ1) is 13.6. The molecular formula is C23H33N3O2. The number of rotatable bonds is 4. The number of likely N-dealkylation sites (tertiary alicyclic amines) is 1. The van der Waals surface area contributed by atoms with Gasteiger partial charge in [-0.3, -0.25) is 9.59 Å². The molecule has 5 nitrogen and oxygen atoms in total. The average molecular weight is 384 g/mol. The van der Waals surface area contributed by atoms with Gasteiger partial charge in [-0.05, 0) is 64.0 Å². The second-order valence-corrected chi connectivity index (χ2v) is 8.76. The van der Waals surface area contributed by atoms with Crippen LogP contribution in [0.1, 0.15) is 68.6 Å². The maximum absolute atomic E-state index is 13.2. The molecule has 2 saturated heterocycles. The van der Waals surface area contributed by atoms with Gasteiger partial charge in [0.25, 0.3) is 5.91 Å². The zero-order valence-corrected chi connectivity index (χ0v) is 17.0. The van der Waals surface area contributed by atoms with E-state index in [1.54, 1.807) is 0 Å². The van der Waals surface area contributed by atoms with Crippen LogP contribution in [-0.4, -0.2) is 48.4 Å². The second-order valence-electron chi connectivity index (χ2n) is 8.76. The minimum atomic E-state index is 0.170. The van der Waals surface area contributed by atoms with Crippen molar-refractivity contribution in [3.8, 4) is 0 Å². The van der Waals surface area contributed by atoms with Crippen molar-refractivity contribution in [2.45, 2.75) is 70.4 Å². The molecule has 3 aliphatic rings. The molecule has 1 aliphatic carbocycles. The third-order valence-corrected chi connectivity index (χ3v) is 6.86. The van der Waals surface area contributed by atoms with Gasteiger partial charge >= 0.3 is 0 Å². The van der Waals surface area contributed by atoms with Crippen LogP contribution < -0.4 is 10.2 Å². The number of para-hydroxylation sites is 1. The monoisotopic (exact) mass is 383 g/mol. The van der Waals surface area contributed by atoms with E-state index >= 15 is 0 Å². The predicted molar refractivity (Wildman–Crippen MR) is 112 cm³/mol. The third kappa shape index (κ3) is 4.03. The van der Waals surface area contributed by atoms with Crippen molar-refractivity contribution in [1.29, 1.82) is 0 Å². The fourth-order valence-corrected chi connectivity index (χ4v) is 4.74. The number of nitrogens with zero attached hydrogens (tertiary/aromatic N) is 2. The molecule has 3 fully saturated rings. The summed E-state index contributed by atoms with van der Waals surface area (Å²) in [5.41, 5.74) is 1.88. The molecule has 1 aromatic rings. The van der Waals surface area contributed by atoms with Gasteiger partial charge in [-0.15, -0.1) is 0 Å². The van der Waals surface area contributed by atoms with Crippen LogP contribution in [0.4, 0.5) is 5.69 Å². The highest BCUT2D eigenvalue weighted by Gasteiger charge is 2.30. The van der Waals surface area contributed by atoms with E-state index in [9.17, 15) is 9.59 Å². The van der Waals surface area contributed by atoms with Gasteiger partial charge in [0, 0.05) is 43.3 Å². The summed E-state index contributed by atoms with van der Waals surface area (Å²) >= 11 is 0. The molecule has 2 aliphatic heterocycles. The Kier molecular flexibility index (Phi) is 5.88. The Morgan fingerprint density at radius 2 is 1.68 bits per heavy atom. The van der Waals surface area contributed by atoms with Gasteiger partial charge in [0.2, 0.25) is 5.91 Å². The van der Waals surface area contributed by atoms with Crippen molar-refractivity contribution in [3.05, 3.63) is 29.8 Å². The summed E-state index contributed by atoms with van der Waals surface area (Å²) in [6.45, 7) is 4.80. The lowest BCUT2D eigenvalue weighted by Gasteiger charge is -2.38. The largest absolute Gasteiger partial charge is 0.371 e. The van der Waals surface area contributed by atoms with Gasteiger partial charge in [0.15, 0.2) is 0 Å². The molecule has 0 unspecified atom stereocenters. The first kappa shape index (κ1) is 19.3. The fraction of sp³-hybridized carbons (Fsp3) is 0.652. The fourth-order valence-electron chi connectivity index (χ4n) is 4.74. The molecule has 0 aromatic heterocycles. The smallest absolute Gasteiger partial charge is 0.256 e. The molecule has 28 heavy (non-hydrogen) atoms. The van der Waals surface area contributed by atoms with Crippen molar-refractivity contribution in [3.63, 3.8) is 0 Å². The third-order valence-electron chi connectivity index (χ3n) is 6.86. The van der Waals surface area contributed by atoms with Gasteiger partial charge < -0.3 is 15.1 Å². The quantitative estimate of drug-likeness (QED) is 0.865. The Balaban J connectivity index is 1.40. The molecule has 4 rings (SSSR count). The Morgan fingerprint density at radius 1 is 0.929 bits per heavy atom. The highest BCUT2D eigenvalue weighted by molar-refractivity contribution is 6.00. The predicted octanol–water partition coefficient (Wildman–Crippen LogP) is 3.59. The minimum absolute atomic E-state index is 0.170. The van der Waals surface area contributed by atoms with E-state index < -0.39 is 0 Å². The zero-order valence-electron chi connectivity index (χ0n) is 17.0. The maximum Gasteiger partial charge on any atom is 0.256 e. The summed E-state index contributed by atoms with van der Waals surface area (Å²) in [6, 6.07) is 8.64. The zero-order chi connectivity index (χ0) is 19.5. The van der Waals surface area contributed by atoms with Crippen molar-refractivity contribution in [2.24, 2.45) is 5.92 Å². The summed E-state index contributed by atoms with van der Waals surface area (Å²) < 4.78 is 0. The van der Waals surface area contributed by atoms with Crippen LogP contribution in [0.5, 0.6) is 0 Å². The molecule has 5 heteroatoms. The molecular weight excluding hydrogens is 350 g/mol. The Labute approximate surface area is 168 Å². The van der Waals surface area contributed by atoms with E-state index in [-0.39, 0.29) is 23.8 Å². The number of nitrogens with one attached hydrogen (secondary N) is 1. The first-order valence-corrected chi connectivity index (χ1v) is 11.1. The van der Waals surface area contributed by atoms with Crippen molar-refractivity contribution in [2.75, 3.05) is 24.5 Å². The van der Waals surface area contributed by atoms with Crippen LogP contribution in [-0.2, 0) is 4.79 Å². The van der Waals surface area contributed by atoms with E-state index in [0.29, 0.717) is 6.04 Å². The number of carbonyl (C=O) groups excluding carboxylic acids is 2. The SMILES string of the molecule is C[C@@H]1CCCCN1C(=O)c1ccccc1N1CCC(NC(=O)C2CCC2)CC1. The number of anilines is 1. The van der Waals surface area contributed by atoms with Crippen LogP contribution in [0.15, 0.2) is 24.3 Å². The lowest BCUT2D eigenvalue weighted by Crippen LogP contribution is -2.48. The molecule has 0 spiro atoms. The van der Waals surface area contributed by atoms with Crippen molar-refractivity contribution >= 4 is 17.5 Å². The summed E-state index contributed by atoms with van der Waals surface area (Å²) in [4.78, 5) is 29.8. The first-order valence-electron chi connectivity index (χ1n) is 11.1. The number of amides is 2. The highest BCUT2D eigenvalue weighted by Crippen LogP contribution is 2.29. The van der Waals surface area contributed by atoms with Crippen LogP contribution in [0.2, 0.25) is 0 Å².